The van der Waals surface area contributed by atoms with Crippen molar-refractivity contribution in [3.8, 4) is 5.75 Å². The largest absolute Gasteiger partial charge is 0.543 e. The predicted molar refractivity (Wildman–Crippen MR) is 143 cm³/mol. The van der Waals surface area contributed by atoms with Gasteiger partial charge in [0.1, 0.15) is 5.75 Å². The van der Waals surface area contributed by atoms with E-state index in [-0.39, 0.29) is 11.0 Å². The van der Waals surface area contributed by atoms with Crippen LogP contribution in [0.3, 0.4) is 0 Å². The van der Waals surface area contributed by atoms with E-state index >= 15 is 0 Å². The Labute approximate surface area is 209 Å². The first-order chi connectivity index (χ1) is 15.9. The van der Waals surface area contributed by atoms with Crippen LogP contribution in [-0.2, 0) is 22.4 Å². The van der Waals surface area contributed by atoms with Crippen LogP contribution in [-0.4, -0.2) is 20.9 Å². The third-order valence-electron chi connectivity index (χ3n) is 10.4. The van der Waals surface area contributed by atoms with E-state index in [0.717, 1.165) is 24.0 Å². The second kappa shape index (κ2) is 9.30. The van der Waals surface area contributed by atoms with Gasteiger partial charge < -0.3 is 9.16 Å². The molecule has 1 aromatic rings. The van der Waals surface area contributed by atoms with Gasteiger partial charge in [0.15, 0.2) is 0 Å². The molecule has 4 heteroatoms. The molecule has 4 rings (SSSR count). The number of fused-ring (bicyclic) bond motifs is 5. The lowest BCUT2D eigenvalue weighted by atomic mass is 9.54. The van der Waals surface area contributed by atoms with Crippen molar-refractivity contribution in [3.05, 3.63) is 28.8 Å². The highest BCUT2D eigenvalue weighted by Gasteiger charge is 2.55. The molecule has 34 heavy (non-hydrogen) atoms. The molecule has 3 aliphatic rings. The molecule has 0 heterocycles. The Morgan fingerprint density at radius 1 is 1.12 bits per heavy atom. The number of aryl methyl sites for hydroxylation is 2. The number of rotatable bonds is 6. The van der Waals surface area contributed by atoms with E-state index < -0.39 is 8.32 Å². The van der Waals surface area contributed by atoms with Crippen molar-refractivity contribution in [3.63, 3.8) is 0 Å². The molecule has 0 radical (unpaired) electrons. The molecule has 0 saturated heterocycles. The van der Waals surface area contributed by atoms with Gasteiger partial charge in [-0.15, -0.1) is 0 Å². The minimum Gasteiger partial charge on any atom is -0.543 e. The standard InChI is InChI=1S/C30H48O3Si/c1-9-20-17-25-21(18-27(20)33-34(7,8)29(3,4)5)11-13-24-23(25)15-16-30(6)22(12-14-26(24)30)19-28(31)32-10-2/h17-18,22-24,26H,9-16,19H2,1-8H3. The van der Waals surface area contributed by atoms with E-state index in [9.17, 15) is 4.79 Å². The molecule has 190 valence electrons. The molecule has 0 amide bonds. The summed E-state index contributed by atoms with van der Waals surface area (Å²) in [5, 5.41) is 0.204. The first-order valence-corrected chi connectivity index (χ1v) is 16.8. The van der Waals surface area contributed by atoms with E-state index in [1.807, 2.05) is 6.92 Å². The number of ether oxygens (including phenoxy) is 1. The van der Waals surface area contributed by atoms with E-state index in [4.69, 9.17) is 9.16 Å². The van der Waals surface area contributed by atoms with E-state index in [2.05, 4.69) is 59.8 Å². The number of carbonyl (C=O) groups is 1. The summed E-state index contributed by atoms with van der Waals surface area (Å²) in [7, 11) is -1.87. The van der Waals surface area contributed by atoms with Crippen LogP contribution in [0, 0.1) is 23.2 Å². The normalized spacial score (nSPS) is 30.8. The van der Waals surface area contributed by atoms with Crippen LogP contribution in [0.1, 0.15) is 103 Å². The Balaban J connectivity index is 1.58. The zero-order chi connectivity index (χ0) is 24.9. The number of carbonyl (C=O) groups excluding carboxylic acids is 1. The van der Waals surface area contributed by atoms with Crippen molar-refractivity contribution in [1.82, 2.24) is 0 Å². The fraction of sp³-hybridized carbons (Fsp3) is 0.767. The van der Waals surface area contributed by atoms with Crippen molar-refractivity contribution in [2.24, 2.45) is 23.2 Å². The van der Waals surface area contributed by atoms with Crippen LogP contribution in [0.15, 0.2) is 12.1 Å². The molecule has 2 fully saturated rings. The molecular formula is C30H48O3Si. The first kappa shape index (κ1) is 25.8. The van der Waals surface area contributed by atoms with Gasteiger partial charge in [0.05, 0.1) is 6.61 Å². The molecule has 1 aromatic carbocycles. The quantitative estimate of drug-likeness (QED) is 0.302. The molecular weight excluding hydrogens is 436 g/mol. The van der Waals surface area contributed by atoms with Gasteiger partial charge in [-0.2, -0.15) is 0 Å². The first-order valence-electron chi connectivity index (χ1n) is 13.9. The molecule has 5 unspecified atom stereocenters. The van der Waals surface area contributed by atoms with Gasteiger partial charge in [0, 0.05) is 6.42 Å². The lowest BCUT2D eigenvalue weighted by Crippen LogP contribution is -2.44. The minimum atomic E-state index is -1.87. The van der Waals surface area contributed by atoms with Crippen LogP contribution in [0.4, 0.5) is 0 Å². The number of hydrogen-bond acceptors (Lipinski definition) is 3. The van der Waals surface area contributed by atoms with Gasteiger partial charge >= 0.3 is 5.97 Å². The molecule has 0 aromatic heterocycles. The summed E-state index contributed by atoms with van der Waals surface area (Å²) in [4.78, 5) is 12.3. The third kappa shape index (κ3) is 4.49. The molecule has 5 atom stereocenters. The Morgan fingerprint density at radius 3 is 2.50 bits per heavy atom. The Hall–Kier alpha value is -1.29. The van der Waals surface area contributed by atoms with Crippen LogP contribution >= 0.6 is 0 Å². The number of hydrogen-bond donors (Lipinski definition) is 0. The van der Waals surface area contributed by atoms with Gasteiger partial charge in [0.25, 0.3) is 0 Å². The molecule has 3 aliphatic carbocycles. The van der Waals surface area contributed by atoms with Crippen LogP contribution in [0.2, 0.25) is 18.1 Å². The summed E-state index contributed by atoms with van der Waals surface area (Å²) in [6.45, 7) is 18.9. The van der Waals surface area contributed by atoms with Crippen LogP contribution in [0.5, 0.6) is 5.75 Å². The lowest BCUT2D eigenvalue weighted by Gasteiger charge is -2.51. The Bertz CT molecular complexity index is 914. The van der Waals surface area contributed by atoms with E-state index in [1.54, 1.807) is 5.56 Å². The zero-order valence-electron chi connectivity index (χ0n) is 23.1. The maximum atomic E-state index is 12.3. The van der Waals surface area contributed by atoms with Crippen molar-refractivity contribution >= 4 is 14.3 Å². The van der Waals surface area contributed by atoms with Crippen molar-refractivity contribution in [2.45, 2.75) is 117 Å². The molecule has 0 aliphatic heterocycles. The molecule has 0 N–H and O–H groups in total. The van der Waals surface area contributed by atoms with Crippen molar-refractivity contribution in [2.75, 3.05) is 6.61 Å². The van der Waals surface area contributed by atoms with E-state index in [0.29, 0.717) is 30.3 Å². The molecule has 0 bridgehead atoms. The third-order valence-corrected chi connectivity index (χ3v) is 14.7. The molecule has 2 saturated carbocycles. The number of esters is 1. The highest BCUT2D eigenvalue weighted by Crippen LogP contribution is 2.63. The van der Waals surface area contributed by atoms with Gasteiger partial charge in [-0.1, -0.05) is 40.7 Å². The average molecular weight is 485 g/mol. The topological polar surface area (TPSA) is 35.5 Å². The average Bonchev–Trinajstić information content (AvgIpc) is 3.08. The SMILES string of the molecule is CCOC(=O)CC1CCC2C3CCc4cc(O[Si](C)(C)C(C)(C)C)c(CC)cc4C3CCC12C. The van der Waals surface area contributed by atoms with Gasteiger partial charge in [-0.25, -0.2) is 0 Å². The van der Waals surface area contributed by atoms with Gasteiger partial charge in [-0.05, 0) is 122 Å². The lowest BCUT2D eigenvalue weighted by molar-refractivity contribution is -0.145. The summed E-state index contributed by atoms with van der Waals surface area (Å²) in [6.07, 6.45) is 9.07. The van der Waals surface area contributed by atoms with Crippen molar-refractivity contribution < 1.29 is 14.0 Å². The summed E-state index contributed by atoms with van der Waals surface area (Å²) in [5.41, 5.74) is 4.84. The van der Waals surface area contributed by atoms with Gasteiger partial charge in [0.2, 0.25) is 8.32 Å². The second-order valence-electron chi connectivity index (χ2n) is 13.1. The Kier molecular flexibility index (Phi) is 7.05. The highest BCUT2D eigenvalue weighted by molar-refractivity contribution is 6.74. The van der Waals surface area contributed by atoms with Crippen molar-refractivity contribution in [1.29, 1.82) is 0 Å². The fourth-order valence-corrected chi connectivity index (χ4v) is 8.36. The van der Waals surface area contributed by atoms with Crippen LogP contribution in [0.25, 0.3) is 0 Å². The maximum absolute atomic E-state index is 12.3. The van der Waals surface area contributed by atoms with E-state index in [1.165, 1.54) is 49.7 Å². The van der Waals surface area contributed by atoms with Gasteiger partial charge in [-0.3, -0.25) is 4.79 Å². The highest BCUT2D eigenvalue weighted by atomic mass is 28.4. The second-order valence-corrected chi connectivity index (χ2v) is 17.8. The summed E-state index contributed by atoms with van der Waals surface area (Å²) < 4.78 is 12.2. The minimum absolute atomic E-state index is 0.00679. The number of benzene rings is 1. The zero-order valence-corrected chi connectivity index (χ0v) is 24.1. The fourth-order valence-electron chi connectivity index (χ4n) is 7.31. The Morgan fingerprint density at radius 2 is 1.85 bits per heavy atom. The summed E-state index contributed by atoms with van der Waals surface area (Å²) >= 11 is 0. The monoisotopic (exact) mass is 484 g/mol. The maximum Gasteiger partial charge on any atom is 0.306 e. The molecule has 0 spiro atoms. The molecule has 3 nitrogen and oxygen atoms in total. The predicted octanol–water partition coefficient (Wildman–Crippen LogP) is 8.06. The summed E-state index contributed by atoms with van der Waals surface area (Å²) in [6, 6.07) is 4.96. The van der Waals surface area contributed by atoms with Crippen LogP contribution < -0.4 is 4.43 Å². The smallest absolute Gasteiger partial charge is 0.306 e. The summed E-state index contributed by atoms with van der Waals surface area (Å²) in [5.74, 6) is 3.83.